The first-order valence-corrected chi connectivity index (χ1v) is 3.40. The van der Waals surface area contributed by atoms with Crippen molar-refractivity contribution in [1.82, 2.24) is 0 Å². The first-order valence-electron chi connectivity index (χ1n) is 3.40. The van der Waals surface area contributed by atoms with Crippen LogP contribution in [0.3, 0.4) is 0 Å². The highest BCUT2D eigenvalue weighted by molar-refractivity contribution is 5.81. The Hall–Kier alpha value is -1.34. The van der Waals surface area contributed by atoms with Crippen LogP contribution in [0.4, 0.5) is 0 Å². The van der Waals surface area contributed by atoms with Crippen LogP contribution in [-0.2, 0) is 0 Å². The van der Waals surface area contributed by atoms with Crippen molar-refractivity contribution in [2.75, 3.05) is 0 Å². The molecule has 0 bridgehead atoms. The third kappa shape index (κ3) is 1.38. The number of hydrogen-bond donors (Lipinski definition) is 0. The van der Waals surface area contributed by atoms with Crippen LogP contribution >= 0.6 is 0 Å². The second-order valence-electron chi connectivity index (χ2n) is 2.35. The van der Waals surface area contributed by atoms with Crippen LogP contribution in [0.25, 0.3) is 10.8 Å². The minimum atomic E-state index is 0. The van der Waals surface area contributed by atoms with E-state index in [0.29, 0.717) is 0 Å². The summed E-state index contributed by atoms with van der Waals surface area (Å²) in [4.78, 5) is 0. The zero-order chi connectivity index (χ0) is 6.81. The molecule has 1 nitrogen and oxygen atoms in total. The summed E-state index contributed by atoms with van der Waals surface area (Å²) in [5.74, 6) is 0. The highest BCUT2D eigenvalue weighted by atomic mass is 13.9. The number of benzene rings is 2. The van der Waals surface area contributed by atoms with E-state index < -0.39 is 0 Å². The van der Waals surface area contributed by atoms with E-state index >= 15 is 0 Å². The lowest BCUT2D eigenvalue weighted by Crippen LogP contribution is -1.67. The maximum Gasteiger partial charge on any atom is -0.0184 e. The van der Waals surface area contributed by atoms with Gasteiger partial charge < -0.3 is 5.48 Å². The quantitative estimate of drug-likeness (QED) is 0.524. The van der Waals surface area contributed by atoms with Gasteiger partial charge in [0.25, 0.3) is 0 Å². The molecule has 56 valence electrons. The Labute approximate surface area is 65.6 Å². The summed E-state index contributed by atoms with van der Waals surface area (Å²) in [6.45, 7) is 0. The second-order valence-corrected chi connectivity index (χ2v) is 2.35. The van der Waals surface area contributed by atoms with Crippen molar-refractivity contribution in [3.05, 3.63) is 48.5 Å². The van der Waals surface area contributed by atoms with Crippen LogP contribution < -0.4 is 0 Å². The predicted octanol–water partition coefficient (Wildman–Crippen LogP) is 2.02. The smallest absolute Gasteiger partial charge is 0.0184 e. The molecule has 0 unspecified atom stereocenters. The Morgan fingerprint density at radius 2 is 0.818 bits per heavy atom. The van der Waals surface area contributed by atoms with Crippen molar-refractivity contribution in [2.24, 2.45) is 0 Å². The first kappa shape index (κ1) is 7.76. The molecule has 0 atom stereocenters. The monoisotopic (exact) mass is 131 g/mol. The van der Waals surface area contributed by atoms with E-state index in [0.717, 1.165) is 0 Å². The molecular weight excluding hydrogens is 121 g/mol. The fourth-order valence-electron chi connectivity index (χ4n) is 1.13. The van der Waals surface area contributed by atoms with E-state index in [1.54, 1.807) is 0 Å². The summed E-state index contributed by atoms with van der Waals surface area (Å²) in [7, 11) is 0. The van der Waals surface area contributed by atoms with Gasteiger partial charge >= 0.3 is 0 Å². The molecule has 1 heteroatoms. The standard InChI is InChI=1S/C10H8.H2O/c1-2-6-10-8-4-3-7-9(10)5-1;/h1-8H;1H2/i;1-15. The average molecular weight is 131 g/mol. The molecule has 0 aliphatic heterocycles. The third-order valence-electron chi connectivity index (χ3n) is 1.66. The van der Waals surface area contributed by atoms with E-state index in [2.05, 4.69) is 48.5 Å². The zero-order valence-electron chi connectivity index (χ0n) is 6.12. The summed E-state index contributed by atoms with van der Waals surface area (Å²) in [6, 6.07) is 16.7. The molecule has 0 heterocycles. The Morgan fingerprint density at radius 3 is 1.09 bits per heavy atom. The summed E-state index contributed by atoms with van der Waals surface area (Å²) >= 11 is 0. The highest BCUT2D eigenvalue weighted by Crippen LogP contribution is 2.11. The maximum absolute atomic E-state index is 2.12. The number of rotatable bonds is 0. The highest BCUT2D eigenvalue weighted by Gasteiger charge is 1.85. The van der Waals surface area contributed by atoms with Gasteiger partial charge in [-0.15, -0.1) is 0 Å². The molecule has 0 amide bonds. The Balaban J connectivity index is 0.000000605. The molecule has 0 aliphatic carbocycles. The molecule has 0 spiro atoms. The summed E-state index contributed by atoms with van der Waals surface area (Å²) in [5, 5.41) is 2.62. The summed E-state index contributed by atoms with van der Waals surface area (Å²) in [6.07, 6.45) is 0. The molecule has 0 radical (unpaired) electrons. The molecular formula is C10H10O. The molecule has 0 fully saturated rings. The van der Waals surface area contributed by atoms with Gasteiger partial charge in [-0.05, 0) is 10.8 Å². The van der Waals surface area contributed by atoms with Crippen LogP contribution in [0.15, 0.2) is 48.5 Å². The van der Waals surface area contributed by atoms with Gasteiger partial charge in [0, 0.05) is 0 Å². The van der Waals surface area contributed by atoms with E-state index in [1.807, 2.05) is 0 Å². The molecule has 0 saturated carbocycles. The third-order valence-corrected chi connectivity index (χ3v) is 1.66. The van der Waals surface area contributed by atoms with Crippen molar-refractivity contribution >= 4 is 10.8 Å². The van der Waals surface area contributed by atoms with Gasteiger partial charge in [0.2, 0.25) is 0 Å². The molecule has 2 rings (SSSR count). The Bertz CT molecular complexity index is 276. The Morgan fingerprint density at radius 1 is 0.545 bits per heavy atom. The number of fused-ring (bicyclic) bond motifs is 1. The molecule has 0 saturated heterocycles. The van der Waals surface area contributed by atoms with Crippen LogP contribution in [0.2, 0.25) is 0 Å². The second kappa shape index (κ2) is 3.17. The van der Waals surface area contributed by atoms with Gasteiger partial charge in [-0.25, -0.2) is 0 Å². The molecule has 11 heavy (non-hydrogen) atoms. The van der Waals surface area contributed by atoms with Gasteiger partial charge in [-0.2, -0.15) is 0 Å². The molecule has 2 N–H and O–H groups in total. The fourth-order valence-corrected chi connectivity index (χ4v) is 1.13. The lowest BCUT2D eigenvalue weighted by atomic mass is 1.000. The van der Waals surface area contributed by atoms with E-state index in [9.17, 15) is 0 Å². The van der Waals surface area contributed by atoms with Gasteiger partial charge in [-0.1, -0.05) is 48.5 Å². The molecule has 0 aromatic heterocycles. The largest absolute Gasteiger partial charge is 0.412 e. The van der Waals surface area contributed by atoms with E-state index in [1.165, 1.54) is 10.8 Å². The predicted molar refractivity (Wildman–Crippen MR) is 47.6 cm³/mol. The maximum atomic E-state index is 2.12. The first-order chi connectivity index (χ1) is 4.97. The topological polar surface area (TPSA) is 31.5 Å². The molecule has 0 aliphatic rings. The van der Waals surface area contributed by atoms with Crippen molar-refractivity contribution in [1.29, 1.82) is 0 Å². The minimum Gasteiger partial charge on any atom is -0.412 e. The SMILES string of the molecule is [1OH2].c1ccc2ccccc2c1. The lowest BCUT2D eigenvalue weighted by molar-refractivity contribution is 0.824. The summed E-state index contributed by atoms with van der Waals surface area (Å²) < 4.78 is 0. The van der Waals surface area contributed by atoms with Crippen LogP contribution in [0.5, 0.6) is 0 Å². The zero-order valence-corrected chi connectivity index (χ0v) is 6.12. The van der Waals surface area contributed by atoms with Crippen molar-refractivity contribution < 1.29 is 5.48 Å². The van der Waals surface area contributed by atoms with Crippen molar-refractivity contribution in [2.45, 2.75) is 0 Å². The van der Waals surface area contributed by atoms with Gasteiger partial charge in [0.05, 0.1) is 0 Å². The van der Waals surface area contributed by atoms with Crippen LogP contribution in [0.1, 0.15) is 0 Å². The molecule has 2 aromatic rings. The van der Waals surface area contributed by atoms with E-state index in [4.69, 9.17) is 0 Å². The van der Waals surface area contributed by atoms with Gasteiger partial charge in [0.15, 0.2) is 0 Å². The lowest BCUT2D eigenvalue weighted by Gasteiger charge is -1.92. The van der Waals surface area contributed by atoms with Crippen molar-refractivity contribution in [3.8, 4) is 0 Å². The fraction of sp³-hybridized carbons (Fsp3) is 0. The van der Waals surface area contributed by atoms with Crippen LogP contribution in [-0.4, -0.2) is 5.48 Å². The molecule has 2 aromatic carbocycles. The van der Waals surface area contributed by atoms with E-state index in [-0.39, 0.29) is 5.48 Å². The Kier molecular flexibility index (Phi) is 2.24. The average Bonchev–Trinajstić information content (AvgIpc) is 2.05. The summed E-state index contributed by atoms with van der Waals surface area (Å²) in [5.41, 5.74) is 0. The minimum absolute atomic E-state index is 0. The number of hydrogen-bond acceptors (Lipinski definition) is 0. The normalized spacial score (nSPS) is 9.09. The van der Waals surface area contributed by atoms with Gasteiger partial charge in [0.1, 0.15) is 0 Å². The van der Waals surface area contributed by atoms with Crippen molar-refractivity contribution in [3.63, 3.8) is 0 Å². The van der Waals surface area contributed by atoms with Crippen LogP contribution in [0, 0.1) is 0 Å². The van der Waals surface area contributed by atoms with Gasteiger partial charge in [-0.3, -0.25) is 0 Å².